The molecule has 90 valence electrons. The van der Waals surface area contributed by atoms with Crippen molar-refractivity contribution in [2.45, 2.75) is 19.9 Å². The normalized spacial score (nSPS) is 11.1. The molecule has 2 rings (SSSR count). The summed E-state index contributed by atoms with van der Waals surface area (Å²) in [6, 6.07) is 5.09. The van der Waals surface area contributed by atoms with E-state index in [1.807, 2.05) is 13.8 Å². The number of nitrogens with one attached hydrogen (secondary N) is 2. The maximum Gasteiger partial charge on any atom is 0.274 e. The Bertz CT molecular complexity index is 622. The van der Waals surface area contributed by atoms with Crippen molar-refractivity contribution in [2.75, 3.05) is 7.05 Å². The van der Waals surface area contributed by atoms with Gasteiger partial charge in [-0.25, -0.2) is 4.68 Å². The first-order valence-electron chi connectivity index (χ1n) is 5.51. The third-order valence-corrected chi connectivity index (χ3v) is 2.72. The smallest absolute Gasteiger partial charge is 0.274 e. The molecule has 2 N–H and O–H groups in total. The molecule has 0 radical (unpaired) electrons. The lowest BCUT2D eigenvalue weighted by Crippen LogP contribution is -2.18. The SMILES string of the molecule is CNC(=O)c1ccc2c(=O)n(C(C)C)[nH]c2c1. The second kappa shape index (κ2) is 4.08. The quantitative estimate of drug-likeness (QED) is 0.820. The Hall–Kier alpha value is -2.04. The first-order valence-corrected chi connectivity index (χ1v) is 5.51. The summed E-state index contributed by atoms with van der Waals surface area (Å²) in [5, 5.41) is 6.16. The minimum Gasteiger partial charge on any atom is -0.355 e. The Labute approximate surface area is 98.4 Å². The van der Waals surface area contributed by atoms with E-state index in [0.29, 0.717) is 16.5 Å². The van der Waals surface area contributed by atoms with Crippen LogP contribution in [0.25, 0.3) is 10.9 Å². The van der Waals surface area contributed by atoms with E-state index in [4.69, 9.17) is 0 Å². The lowest BCUT2D eigenvalue weighted by molar-refractivity contribution is 0.0963. The van der Waals surface area contributed by atoms with Crippen molar-refractivity contribution in [3.05, 3.63) is 34.1 Å². The third kappa shape index (κ3) is 1.84. The van der Waals surface area contributed by atoms with Crippen LogP contribution in [0.4, 0.5) is 0 Å². The molecule has 2 aromatic rings. The van der Waals surface area contributed by atoms with Gasteiger partial charge in [0.1, 0.15) is 0 Å². The molecular weight excluding hydrogens is 218 g/mol. The van der Waals surface area contributed by atoms with Gasteiger partial charge in [0, 0.05) is 18.7 Å². The maximum absolute atomic E-state index is 12.0. The van der Waals surface area contributed by atoms with Crippen molar-refractivity contribution in [1.29, 1.82) is 0 Å². The molecule has 1 aromatic heterocycles. The number of amides is 1. The second-order valence-corrected chi connectivity index (χ2v) is 4.22. The number of carbonyl (C=O) groups is 1. The van der Waals surface area contributed by atoms with Gasteiger partial charge < -0.3 is 5.32 Å². The number of benzene rings is 1. The molecule has 0 bridgehead atoms. The molecule has 1 heterocycles. The molecule has 17 heavy (non-hydrogen) atoms. The minimum atomic E-state index is -0.162. The first kappa shape index (κ1) is 11.4. The average Bonchev–Trinajstić information content (AvgIpc) is 2.65. The van der Waals surface area contributed by atoms with Crippen molar-refractivity contribution in [3.63, 3.8) is 0 Å². The summed E-state index contributed by atoms with van der Waals surface area (Å²) < 4.78 is 1.55. The van der Waals surface area contributed by atoms with Crippen molar-refractivity contribution < 1.29 is 4.79 Å². The number of fused-ring (bicyclic) bond motifs is 1. The molecule has 0 aliphatic carbocycles. The van der Waals surface area contributed by atoms with E-state index in [1.165, 1.54) is 0 Å². The van der Waals surface area contributed by atoms with Crippen LogP contribution in [0.15, 0.2) is 23.0 Å². The highest BCUT2D eigenvalue weighted by atomic mass is 16.1. The van der Waals surface area contributed by atoms with Gasteiger partial charge in [-0.15, -0.1) is 0 Å². The Balaban J connectivity index is 2.64. The summed E-state index contributed by atoms with van der Waals surface area (Å²) in [6.07, 6.45) is 0. The fourth-order valence-corrected chi connectivity index (χ4v) is 1.78. The summed E-state index contributed by atoms with van der Waals surface area (Å²) in [5.74, 6) is -0.162. The van der Waals surface area contributed by atoms with Gasteiger partial charge >= 0.3 is 0 Å². The molecule has 1 aromatic carbocycles. The van der Waals surface area contributed by atoms with E-state index >= 15 is 0 Å². The van der Waals surface area contributed by atoms with Gasteiger partial charge in [-0.2, -0.15) is 0 Å². The largest absolute Gasteiger partial charge is 0.355 e. The molecule has 0 aliphatic rings. The van der Waals surface area contributed by atoms with Crippen molar-refractivity contribution in [3.8, 4) is 0 Å². The summed E-state index contributed by atoms with van der Waals surface area (Å²) in [4.78, 5) is 23.4. The summed E-state index contributed by atoms with van der Waals surface area (Å²) >= 11 is 0. The predicted octanol–water partition coefficient (Wildman–Crippen LogP) is 1.27. The number of aromatic amines is 1. The molecule has 0 unspecified atom stereocenters. The first-order chi connectivity index (χ1) is 8.04. The van der Waals surface area contributed by atoms with Crippen molar-refractivity contribution >= 4 is 16.8 Å². The van der Waals surface area contributed by atoms with Crippen LogP contribution in [0, 0.1) is 0 Å². The number of nitrogens with zero attached hydrogens (tertiary/aromatic N) is 1. The lowest BCUT2D eigenvalue weighted by atomic mass is 10.1. The number of rotatable bonds is 2. The zero-order chi connectivity index (χ0) is 12.6. The highest BCUT2D eigenvalue weighted by Crippen LogP contribution is 2.12. The van der Waals surface area contributed by atoms with E-state index in [0.717, 1.165) is 0 Å². The standard InChI is InChI=1S/C12H15N3O2/c1-7(2)15-12(17)9-5-4-8(11(16)13-3)6-10(9)14-15/h4-7,14H,1-3H3,(H,13,16). The highest BCUT2D eigenvalue weighted by molar-refractivity contribution is 5.97. The van der Waals surface area contributed by atoms with Gasteiger partial charge in [0.15, 0.2) is 0 Å². The molecule has 0 spiro atoms. The maximum atomic E-state index is 12.0. The number of hydrogen-bond acceptors (Lipinski definition) is 2. The summed E-state index contributed by atoms with van der Waals surface area (Å²) in [5.41, 5.74) is 1.17. The van der Waals surface area contributed by atoms with Gasteiger partial charge in [-0.1, -0.05) is 0 Å². The third-order valence-electron chi connectivity index (χ3n) is 2.72. The Morgan fingerprint density at radius 1 is 1.41 bits per heavy atom. The van der Waals surface area contributed by atoms with E-state index in [2.05, 4.69) is 10.4 Å². The number of H-pyrrole nitrogens is 1. The minimum absolute atomic E-state index is 0.0570. The van der Waals surface area contributed by atoms with Crippen LogP contribution in [0.3, 0.4) is 0 Å². The monoisotopic (exact) mass is 233 g/mol. The number of carbonyl (C=O) groups excluding carboxylic acids is 1. The van der Waals surface area contributed by atoms with E-state index in [1.54, 1.807) is 29.9 Å². The molecule has 0 fully saturated rings. The summed E-state index contributed by atoms with van der Waals surface area (Å²) in [7, 11) is 1.58. The van der Waals surface area contributed by atoms with Crippen molar-refractivity contribution in [1.82, 2.24) is 15.1 Å². The lowest BCUT2D eigenvalue weighted by Gasteiger charge is -2.03. The Morgan fingerprint density at radius 2 is 2.12 bits per heavy atom. The van der Waals surface area contributed by atoms with Crippen LogP contribution in [0.2, 0.25) is 0 Å². The topological polar surface area (TPSA) is 66.9 Å². The van der Waals surface area contributed by atoms with Crippen LogP contribution in [0.5, 0.6) is 0 Å². The van der Waals surface area contributed by atoms with Crippen LogP contribution < -0.4 is 10.9 Å². The molecule has 1 amide bonds. The zero-order valence-corrected chi connectivity index (χ0v) is 10.1. The van der Waals surface area contributed by atoms with E-state index in [-0.39, 0.29) is 17.5 Å². The fourth-order valence-electron chi connectivity index (χ4n) is 1.78. The zero-order valence-electron chi connectivity index (χ0n) is 10.1. The van der Waals surface area contributed by atoms with Gasteiger partial charge in [-0.05, 0) is 32.0 Å². The molecule has 0 atom stereocenters. The molecule has 0 saturated heterocycles. The Morgan fingerprint density at radius 3 is 2.71 bits per heavy atom. The molecule has 5 heteroatoms. The average molecular weight is 233 g/mol. The van der Waals surface area contributed by atoms with Gasteiger partial charge in [-0.3, -0.25) is 14.7 Å². The second-order valence-electron chi connectivity index (χ2n) is 4.22. The van der Waals surface area contributed by atoms with Crippen LogP contribution in [-0.4, -0.2) is 22.7 Å². The molecule has 5 nitrogen and oxygen atoms in total. The fraction of sp³-hybridized carbons (Fsp3) is 0.333. The van der Waals surface area contributed by atoms with Crippen LogP contribution in [-0.2, 0) is 0 Å². The van der Waals surface area contributed by atoms with E-state index in [9.17, 15) is 9.59 Å². The Kier molecular flexibility index (Phi) is 2.75. The van der Waals surface area contributed by atoms with Crippen LogP contribution in [0.1, 0.15) is 30.2 Å². The van der Waals surface area contributed by atoms with Gasteiger partial charge in [0.25, 0.3) is 11.5 Å². The highest BCUT2D eigenvalue weighted by Gasteiger charge is 2.11. The number of aromatic nitrogens is 2. The summed E-state index contributed by atoms with van der Waals surface area (Å²) in [6.45, 7) is 3.85. The van der Waals surface area contributed by atoms with E-state index < -0.39 is 0 Å². The molecular formula is C12H15N3O2. The predicted molar refractivity (Wildman–Crippen MR) is 66.3 cm³/mol. The molecule has 0 aliphatic heterocycles. The van der Waals surface area contributed by atoms with Crippen molar-refractivity contribution in [2.24, 2.45) is 0 Å². The molecule has 0 saturated carbocycles. The number of hydrogen-bond donors (Lipinski definition) is 2. The van der Waals surface area contributed by atoms with Gasteiger partial charge in [0.05, 0.1) is 10.9 Å². The van der Waals surface area contributed by atoms with Crippen LogP contribution >= 0.6 is 0 Å². The van der Waals surface area contributed by atoms with Gasteiger partial charge in [0.2, 0.25) is 0 Å².